The molecule has 2 N–H and O–H groups in total. The molecule has 0 atom stereocenters. The van der Waals surface area contributed by atoms with Gasteiger partial charge in [0.2, 0.25) is 5.91 Å². The quantitative estimate of drug-likeness (QED) is 0.797. The lowest BCUT2D eigenvalue weighted by atomic mass is 9.72. The van der Waals surface area contributed by atoms with E-state index in [1.807, 2.05) is 4.90 Å². The average molecular weight is 400 g/mol. The number of anilines is 2. The lowest BCUT2D eigenvalue weighted by Gasteiger charge is -2.34. The maximum absolute atomic E-state index is 13.1. The number of hydrogen-bond acceptors (Lipinski definition) is 4. The maximum atomic E-state index is 13.1. The summed E-state index contributed by atoms with van der Waals surface area (Å²) in [7, 11) is 0. The highest BCUT2D eigenvalue weighted by atomic mass is 16.3. The van der Waals surface area contributed by atoms with Crippen LogP contribution in [0, 0.1) is 12.3 Å². The van der Waals surface area contributed by atoms with E-state index in [2.05, 4.69) is 35.3 Å². The Morgan fingerprint density at radius 1 is 1.00 bits per heavy atom. The fourth-order valence-corrected chi connectivity index (χ4v) is 5.41. The van der Waals surface area contributed by atoms with Gasteiger partial charge in [-0.1, -0.05) is 0 Å². The molecule has 29 heavy (non-hydrogen) atoms. The number of aliphatic hydroxyl groups is 1. The van der Waals surface area contributed by atoms with Crippen LogP contribution in [-0.4, -0.2) is 49.8 Å². The molecule has 3 aliphatic heterocycles. The molecule has 1 aliphatic carbocycles. The van der Waals surface area contributed by atoms with Gasteiger partial charge in [0.1, 0.15) is 0 Å². The number of rotatable bonds is 2. The summed E-state index contributed by atoms with van der Waals surface area (Å²) in [6, 6.07) is 6.55. The van der Waals surface area contributed by atoms with Crippen molar-refractivity contribution in [1.29, 1.82) is 0 Å². The van der Waals surface area contributed by atoms with Gasteiger partial charge in [0.05, 0.1) is 11.5 Å². The monoisotopic (exact) mass is 399 g/mol. The Morgan fingerprint density at radius 2 is 1.69 bits per heavy atom. The highest BCUT2D eigenvalue weighted by molar-refractivity contribution is 6.00. The second-order valence-corrected chi connectivity index (χ2v) is 9.34. The third-order valence-electron chi connectivity index (χ3n) is 7.32. The molecule has 0 aromatic heterocycles. The summed E-state index contributed by atoms with van der Waals surface area (Å²) < 4.78 is 0. The Balaban J connectivity index is 0.000000359. The number of benzene rings is 1. The first-order valence-corrected chi connectivity index (χ1v) is 11.7. The standard InChI is InChI=1S/C20H28N2O2.C4H9N/c1-15-14-16(21-11-2-3-12-21)4-5-18(15)22-13-10-20(19(22)24)8-6-17(23)7-9-20;1-2-4-5-3-1/h4-5,14,17,23H,2-3,6-13H2,1H3;5H,1-4H2. The Morgan fingerprint density at radius 3 is 2.28 bits per heavy atom. The number of carbonyl (C=O) groups is 1. The third-order valence-corrected chi connectivity index (χ3v) is 7.32. The topological polar surface area (TPSA) is 55.8 Å². The number of nitrogens with one attached hydrogen (secondary N) is 1. The molecule has 1 saturated carbocycles. The second-order valence-electron chi connectivity index (χ2n) is 9.34. The van der Waals surface area contributed by atoms with E-state index in [4.69, 9.17) is 0 Å². The summed E-state index contributed by atoms with van der Waals surface area (Å²) in [5.74, 6) is 0.284. The summed E-state index contributed by atoms with van der Waals surface area (Å²) in [6.07, 6.45) is 9.28. The molecule has 0 radical (unpaired) electrons. The van der Waals surface area contributed by atoms with Crippen molar-refractivity contribution in [3.8, 4) is 0 Å². The van der Waals surface area contributed by atoms with Gasteiger partial charge in [-0.15, -0.1) is 0 Å². The summed E-state index contributed by atoms with van der Waals surface area (Å²) >= 11 is 0. The summed E-state index contributed by atoms with van der Waals surface area (Å²) in [6.45, 7) is 7.73. The lowest BCUT2D eigenvalue weighted by molar-refractivity contribution is -0.128. The Bertz CT molecular complexity index is 694. The number of aryl methyl sites for hydroxylation is 1. The SMILES string of the molecule is C1CCNC1.Cc1cc(N2CCCC2)ccc1N1CCC2(CCC(O)CC2)C1=O. The van der Waals surface area contributed by atoms with E-state index in [0.717, 1.165) is 57.4 Å². The molecular weight excluding hydrogens is 362 g/mol. The van der Waals surface area contributed by atoms with E-state index in [0.29, 0.717) is 0 Å². The average Bonchev–Trinajstić information content (AvgIpc) is 3.50. The van der Waals surface area contributed by atoms with Crippen LogP contribution in [0.4, 0.5) is 11.4 Å². The predicted molar refractivity (Wildman–Crippen MR) is 119 cm³/mol. The number of carbonyl (C=O) groups excluding carboxylic acids is 1. The van der Waals surface area contributed by atoms with Crippen molar-refractivity contribution < 1.29 is 9.90 Å². The zero-order valence-corrected chi connectivity index (χ0v) is 18.0. The molecule has 3 saturated heterocycles. The van der Waals surface area contributed by atoms with Crippen molar-refractivity contribution in [1.82, 2.24) is 5.32 Å². The van der Waals surface area contributed by atoms with Crippen molar-refractivity contribution in [3.05, 3.63) is 23.8 Å². The maximum Gasteiger partial charge on any atom is 0.233 e. The van der Waals surface area contributed by atoms with Crippen LogP contribution in [0.25, 0.3) is 0 Å². The third kappa shape index (κ3) is 4.46. The number of aliphatic hydroxyl groups excluding tert-OH is 1. The van der Waals surface area contributed by atoms with Crippen LogP contribution in [-0.2, 0) is 4.79 Å². The molecular formula is C24H37N3O2. The molecule has 1 spiro atoms. The first kappa shape index (κ1) is 20.7. The molecule has 0 bridgehead atoms. The Kier molecular flexibility index (Phi) is 6.45. The van der Waals surface area contributed by atoms with Gasteiger partial charge in [-0.05, 0) is 102 Å². The van der Waals surface area contributed by atoms with Gasteiger partial charge in [-0.3, -0.25) is 4.79 Å². The smallest absolute Gasteiger partial charge is 0.233 e. The fourth-order valence-electron chi connectivity index (χ4n) is 5.41. The highest BCUT2D eigenvalue weighted by Crippen LogP contribution is 2.46. The van der Waals surface area contributed by atoms with Crippen molar-refractivity contribution >= 4 is 17.3 Å². The molecule has 160 valence electrons. The second kappa shape index (κ2) is 9.05. The van der Waals surface area contributed by atoms with Crippen molar-refractivity contribution in [2.75, 3.05) is 42.5 Å². The zero-order valence-electron chi connectivity index (χ0n) is 18.0. The Labute approximate surface area is 175 Å². The van der Waals surface area contributed by atoms with Gasteiger partial charge in [0.25, 0.3) is 0 Å². The van der Waals surface area contributed by atoms with Gasteiger partial charge in [0.15, 0.2) is 0 Å². The minimum Gasteiger partial charge on any atom is -0.393 e. The highest BCUT2D eigenvalue weighted by Gasteiger charge is 2.48. The number of nitrogens with zero attached hydrogens (tertiary/aromatic N) is 2. The molecule has 3 heterocycles. The molecule has 5 rings (SSSR count). The van der Waals surface area contributed by atoms with Crippen LogP contribution < -0.4 is 15.1 Å². The van der Waals surface area contributed by atoms with Crippen LogP contribution in [0.5, 0.6) is 0 Å². The van der Waals surface area contributed by atoms with Crippen LogP contribution in [0.3, 0.4) is 0 Å². The van der Waals surface area contributed by atoms with Gasteiger partial charge in [0, 0.05) is 31.0 Å². The molecule has 1 amide bonds. The molecule has 5 heteroatoms. The fraction of sp³-hybridized carbons (Fsp3) is 0.708. The first-order chi connectivity index (χ1) is 14.1. The number of hydrogen-bond donors (Lipinski definition) is 2. The summed E-state index contributed by atoms with van der Waals surface area (Å²) in [5.41, 5.74) is 3.35. The number of amides is 1. The van der Waals surface area contributed by atoms with Crippen LogP contribution >= 0.6 is 0 Å². The van der Waals surface area contributed by atoms with E-state index in [1.165, 1.54) is 50.0 Å². The van der Waals surface area contributed by atoms with E-state index in [-0.39, 0.29) is 17.4 Å². The van der Waals surface area contributed by atoms with Crippen LogP contribution in [0.15, 0.2) is 18.2 Å². The van der Waals surface area contributed by atoms with Gasteiger partial charge >= 0.3 is 0 Å². The largest absolute Gasteiger partial charge is 0.393 e. The molecule has 1 aromatic carbocycles. The molecule has 4 fully saturated rings. The van der Waals surface area contributed by atoms with E-state index < -0.39 is 0 Å². The molecule has 4 aliphatic rings. The lowest BCUT2D eigenvalue weighted by Crippen LogP contribution is -2.38. The zero-order chi connectivity index (χ0) is 20.3. The Hall–Kier alpha value is -1.59. The minimum atomic E-state index is -0.209. The van der Waals surface area contributed by atoms with E-state index in [9.17, 15) is 9.90 Å². The normalized spacial score (nSPS) is 29.4. The molecule has 1 aromatic rings. The van der Waals surface area contributed by atoms with Crippen molar-refractivity contribution in [2.45, 2.75) is 70.8 Å². The van der Waals surface area contributed by atoms with Gasteiger partial charge in [-0.2, -0.15) is 0 Å². The van der Waals surface area contributed by atoms with Gasteiger partial charge in [-0.25, -0.2) is 0 Å². The molecule has 5 nitrogen and oxygen atoms in total. The summed E-state index contributed by atoms with van der Waals surface area (Å²) in [5, 5.41) is 13.0. The van der Waals surface area contributed by atoms with Crippen molar-refractivity contribution in [3.63, 3.8) is 0 Å². The van der Waals surface area contributed by atoms with Gasteiger partial charge < -0.3 is 20.2 Å². The van der Waals surface area contributed by atoms with Crippen LogP contribution in [0.2, 0.25) is 0 Å². The molecule has 0 unspecified atom stereocenters. The van der Waals surface area contributed by atoms with Crippen LogP contribution in [0.1, 0.15) is 63.4 Å². The first-order valence-electron chi connectivity index (χ1n) is 11.7. The van der Waals surface area contributed by atoms with E-state index in [1.54, 1.807) is 0 Å². The van der Waals surface area contributed by atoms with Crippen molar-refractivity contribution in [2.24, 2.45) is 5.41 Å². The predicted octanol–water partition coefficient (Wildman–Crippen LogP) is 3.62. The summed E-state index contributed by atoms with van der Waals surface area (Å²) in [4.78, 5) is 17.6. The minimum absolute atomic E-state index is 0.209. The van der Waals surface area contributed by atoms with E-state index >= 15 is 0 Å².